The zero-order chi connectivity index (χ0) is 38.6. The Morgan fingerprint density at radius 3 is 1.94 bits per heavy atom. The SMILES string of the molecule is CNC(=O)OC(C(=O)NC(Cc1ccc(-c2ccc(C)cn2)cc1)C(O)CC(Cc1ccccc1)NC(=O)C(NC(=O)OC)C(C)(C)C)C(C)(C)C. The highest BCUT2D eigenvalue weighted by molar-refractivity contribution is 5.87. The van der Waals surface area contributed by atoms with Crippen LogP contribution >= 0.6 is 0 Å². The Hall–Kier alpha value is -4.97. The van der Waals surface area contributed by atoms with E-state index in [1.54, 1.807) is 27.0 Å². The summed E-state index contributed by atoms with van der Waals surface area (Å²) in [7, 11) is 2.64. The molecule has 3 rings (SSSR count). The quantitative estimate of drug-likeness (QED) is 0.154. The van der Waals surface area contributed by atoms with Crippen molar-refractivity contribution < 1.29 is 33.8 Å². The van der Waals surface area contributed by atoms with Crippen molar-refractivity contribution in [3.63, 3.8) is 0 Å². The van der Waals surface area contributed by atoms with Gasteiger partial charge in [0.05, 0.1) is 24.9 Å². The van der Waals surface area contributed by atoms with Gasteiger partial charge in [-0.3, -0.25) is 14.6 Å². The summed E-state index contributed by atoms with van der Waals surface area (Å²) in [5, 5.41) is 23.0. The van der Waals surface area contributed by atoms with E-state index in [1.165, 1.54) is 14.2 Å². The first-order valence-corrected chi connectivity index (χ1v) is 17.5. The molecule has 52 heavy (non-hydrogen) atoms. The van der Waals surface area contributed by atoms with E-state index in [0.29, 0.717) is 6.42 Å². The van der Waals surface area contributed by atoms with E-state index in [4.69, 9.17) is 9.47 Å². The second-order valence-electron chi connectivity index (χ2n) is 15.3. The largest absolute Gasteiger partial charge is 0.453 e. The lowest BCUT2D eigenvalue weighted by atomic mass is 9.85. The fourth-order valence-electron chi connectivity index (χ4n) is 5.72. The van der Waals surface area contributed by atoms with Crippen LogP contribution in [0, 0.1) is 17.8 Å². The molecule has 5 atom stereocenters. The summed E-state index contributed by atoms with van der Waals surface area (Å²) < 4.78 is 10.3. The number of aliphatic hydroxyl groups excluding tert-OH is 1. The van der Waals surface area contributed by atoms with E-state index in [0.717, 1.165) is 27.9 Å². The first-order chi connectivity index (χ1) is 24.4. The molecule has 0 bridgehead atoms. The topological polar surface area (TPSA) is 168 Å². The molecular weight excluding hydrogens is 662 g/mol. The predicted octanol–water partition coefficient (Wildman–Crippen LogP) is 5.10. The van der Waals surface area contributed by atoms with Crippen LogP contribution in [-0.4, -0.2) is 78.6 Å². The molecule has 1 heterocycles. The minimum Gasteiger partial charge on any atom is -0.453 e. The van der Waals surface area contributed by atoms with Crippen LogP contribution in [0.5, 0.6) is 0 Å². The van der Waals surface area contributed by atoms with Crippen LogP contribution in [0.15, 0.2) is 72.9 Å². The standard InChI is InChI=1S/C40H55N5O7/c1-25-15-20-30(42-24-25)28-18-16-27(17-19-28)22-31(44-36(48)34(40(5,6)7)52-37(49)41-8)32(46)23-29(21-26-13-11-10-12-14-26)43-35(47)33(39(2,3)4)45-38(50)51-9/h10-20,24,29,31-34,46H,21-23H2,1-9H3,(H,41,49)(H,43,47)(H,44,48)(H,45,50). The minimum absolute atomic E-state index is 0.0442. The number of amides is 4. The third-order valence-corrected chi connectivity index (χ3v) is 8.64. The van der Waals surface area contributed by atoms with E-state index in [9.17, 15) is 24.3 Å². The molecule has 3 aromatic rings. The molecule has 282 valence electrons. The number of rotatable bonds is 14. The van der Waals surface area contributed by atoms with Gasteiger partial charge in [-0.2, -0.15) is 0 Å². The molecule has 4 amide bonds. The Kier molecular flexibility index (Phi) is 14.7. The van der Waals surface area contributed by atoms with Crippen LogP contribution in [-0.2, 0) is 31.9 Å². The van der Waals surface area contributed by atoms with Crippen LogP contribution in [0.3, 0.4) is 0 Å². The predicted molar refractivity (Wildman–Crippen MR) is 200 cm³/mol. The number of carbonyl (C=O) groups is 4. The molecule has 1 aromatic heterocycles. The number of methoxy groups -OCH3 is 1. The van der Waals surface area contributed by atoms with Gasteiger partial charge in [0, 0.05) is 30.3 Å². The van der Waals surface area contributed by atoms with E-state index >= 15 is 0 Å². The lowest BCUT2D eigenvalue weighted by molar-refractivity contribution is -0.136. The van der Waals surface area contributed by atoms with Crippen molar-refractivity contribution in [2.75, 3.05) is 14.2 Å². The molecule has 12 heteroatoms. The molecule has 0 fully saturated rings. The van der Waals surface area contributed by atoms with Gasteiger partial charge in [0.25, 0.3) is 5.91 Å². The number of nitrogens with one attached hydrogen (secondary N) is 4. The summed E-state index contributed by atoms with van der Waals surface area (Å²) in [5.41, 5.74) is 3.09. The third-order valence-electron chi connectivity index (χ3n) is 8.64. The molecule has 5 unspecified atom stereocenters. The highest BCUT2D eigenvalue weighted by Crippen LogP contribution is 2.25. The van der Waals surface area contributed by atoms with E-state index in [-0.39, 0.29) is 12.8 Å². The highest BCUT2D eigenvalue weighted by Gasteiger charge is 2.38. The highest BCUT2D eigenvalue weighted by atomic mass is 16.6. The number of aryl methyl sites for hydroxylation is 1. The molecule has 2 aromatic carbocycles. The molecule has 0 saturated heterocycles. The number of benzene rings is 2. The Morgan fingerprint density at radius 1 is 0.769 bits per heavy atom. The summed E-state index contributed by atoms with van der Waals surface area (Å²) in [4.78, 5) is 56.6. The van der Waals surface area contributed by atoms with Crippen molar-refractivity contribution in [1.29, 1.82) is 0 Å². The molecule has 0 aliphatic carbocycles. The molecule has 0 aliphatic rings. The maximum Gasteiger partial charge on any atom is 0.407 e. The lowest BCUT2D eigenvalue weighted by Crippen LogP contribution is -2.57. The first-order valence-electron chi connectivity index (χ1n) is 17.5. The summed E-state index contributed by atoms with van der Waals surface area (Å²) in [5.74, 6) is -1.02. The van der Waals surface area contributed by atoms with Crippen molar-refractivity contribution >= 4 is 24.0 Å². The van der Waals surface area contributed by atoms with Crippen molar-refractivity contribution in [3.8, 4) is 11.3 Å². The minimum atomic E-state index is -1.17. The van der Waals surface area contributed by atoms with Crippen LogP contribution in [0.2, 0.25) is 0 Å². The van der Waals surface area contributed by atoms with Gasteiger partial charge in [0.2, 0.25) is 5.91 Å². The Labute approximate surface area is 307 Å². The van der Waals surface area contributed by atoms with Crippen LogP contribution < -0.4 is 21.3 Å². The summed E-state index contributed by atoms with van der Waals surface area (Å²) in [6, 6.07) is 18.8. The zero-order valence-corrected chi connectivity index (χ0v) is 31.8. The third kappa shape index (κ3) is 12.7. The fourth-order valence-corrected chi connectivity index (χ4v) is 5.72. The van der Waals surface area contributed by atoms with Crippen LogP contribution in [0.1, 0.15) is 64.7 Å². The summed E-state index contributed by atoms with van der Waals surface area (Å²) >= 11 is 0. The van der Waals surface area contributed by atoms with Gasteiger partial charge in [0.15, 0.2) is 6.10 Å². The molecule has 0 saturated carbocycles. The van der Waals surface area contributed by atoms with Crippen molar-refractivity contribution in [3.05, 3.63) is 89.6 Å². The number of pyridine rings is 1. The maximum absolute atomic E-state index is 13.8. The average Bonchev–Trinajstić information content (AvgIpc) is 3.08. The zero-order valence-electron chi connectivity index (χ0n) is 31.8. The second kappa shape index (κ2) is 18.5. The molecule has 12 nitrogen and oxygen atoms in total. The normalized spacial score (nSPS) is 14.5. The molecule has 5 N–H and O–H groups in total. The smallest absolute Gasteiger partial charge is 0.407 e. The number of aromatic nitrogens is 1. The monoisotopic (exact) mass is 717 g/mol. The number of ether oxygens (including phenoxy) is 2. The number of hydrogen-bond acceptors (Lipinski definition) is 8. The van der Waals surface area contributed by atoms with Gasteiger partial charge in [-0.05, 0) is 54.4 Å². The van der Waals surface area contributed by atoms with E-state index < -0.39 is 65.2 Å². The van der Waals surface area contributed by atoms with Gasteiger partial charge < -0.3 is 35.8 Å². The van der Waals surface area contributed by atoms with E-state index in [2.05, 4.69) is 26.3 Å². The van der Waals surface area contributed by atoms with Gasteiger partial charge in [0.1, 0.15) is 6.04 Å². The second-order valence-corrected chi connectivity index (χ2v) is 15.3. The van der Waals surface area contributed by atoms with Gasteiger partial charge in [-0.15, -0.1) is 0 Å². The van der Waals surface area contributed by atoms with Crippen molar-refractivity contribution in [1.82, 2.24) is 26.3 Å². The Morgan fingerprint density at radius 2 is 1.40 bits per heavy atom. The van der Waals surface area contributed by atoms with Crippen LogP contribution in [0.4, 0.5) is 9.59 Å². The maximum atomic E-state index is 13.8. The lowest BCUT2D eigenvalue weighted by Gasteiger charge is -2.34. The average molecular weight is 718 g/mol. The van der Waals surface area contributed by atoms with Gasteiger partial charge in [-0.1, -0.05) is 102 Å². The number of hydrogen-bond donors (Lipinski definition) is 5. The molecule has 0 radical (unpaired) electrons. The number of alkyl carbamates (subject to hydrolysis) is 2. The van der Waals surface area contributed by atoms with Crippen molar-refractivity contribution in [2.45, 2.75) is 98.1 Å². The van der Waals surface area contributed by atoms with Crippen LogP contribution in [0.25, 0.3) is 11.3 Å². The molecule has 0 spiro atoms. The van der Waals surface area contributed by atoms with Gasteiger partial charge >= 0.3 is 12.2 Å². The Balaban J connectivity index is 1.96. The van der Waals surface area contributed by atoms with Crippen molar-refractivity contribution in [2.24, 2.45) is 10.8 Å². The molecule has 0 aliphatic heterocycles. The summed E-state index contributed by atoms with van der Waals surface area (Å²) in [6.45, 7) is 12.8. The van der Waals surface area contributed by atoms with Gasteiger partial charge in [-0.25, -0.2) is 9.59 Å². The number of aliphatic hydroxyl groups is 1. The summed E-state index contributed by atoms with van der Waals surface area (Å²) in [6.07, 6.45) is -1.40. The van der Waals surface area contributed by atoms with E-state index in [1.807, 2.05) is 94.4 Å². The Bertz CT molecular complexity index is 1620. The first kappa shape index (κ1) is 41.5. The number of nitrogens with zero attached hydrogens (tertiary/aromatic N) is 1. The molecular formula is C40H55N5O7. The fraction of sp³-hybridized carbons (Fsp3) is 0.475. The number of carbonyl (C=O) groups excluding carboxylic acids is 4.